The molecule has 0 fully saturated rings. The van der Waals surface area contributed by atoms with Gasteiger partial charge in [-0.05, 0) is 48.7 Å². The van der Waals surface area contributed by atoms with E-state index in [4.69, 9.17) is 26.4 Å². The second-order valence-electron chi connectivity index (χ2n) is 8.54. The molecule has 0 aliphatic heterocycles. The van der Waals surface area contributed by atoms with Gasteiger partial charge < -0.3 is 14.2 Å². The number of ether oxygens (including phenoxy) is 3. The number of rotatable bonds is 10. The van der Waals surface area contributed by atoms with E-state index in [0.717, 1.165) is 0 Å². The lowest BCUT2D eigenvalue weighted by Crippen LogP contribution is -2.28. The first-order chi connectivity index (χ1) is 17.6. The summed E-state index contributed by atoms with van der Waals surface area (Å²) in [6, 6.07) is 13.3. The van der Waals surface area contributed by atoms with E-state index in [-0.39, 0.29) is 23.6 Å². The number of pyridine rings is 1. The molecular formula is C28H27F2NO5S. The maximum atomic E-state index is 13.5. The standard InChI is InChI=1S/C28H27F2NO5S/c1-16(15-24(37)26-27(36-18(3)32)23(34-4)13-14-31-26)28(33)35-17(2)25(19-5-9-21(29)10-6-19)20-7-11-22(30)12-8-20/h5-14,16-17,25H,15H2,1-4H3/t16-,17-/m1/s1. The minimum absolute atomic E-state index is 0.0871. The van der Waals surface area contributed by atoms with E-state index in [1.807, 2.05) is 0 Å². The third kappa shape index (κ3) is 7.16. The van der Waals surface area contributed by atoms with Gasteiger partial charge in [0.25, 0.3) is 0 Å². The van der Waals surface area contributed by atoms with E-state index in [2.05, 4.69) is 4.98 Å². The molecule has 0 unspecified atom stereocenters. The van der Waals surface area contributed by atoms with Gasteiger partial charge in [0.1, 0.15) is 23.4 Å². The molecule has 1 heterocycles. The topological polar surface area (TPSA) is 74.7 Å². The van der Waals surface area contributed by atoms with Gasteiger partial charge in [-0.1, -0.05) is 43.4 Å². The zero-order valence-electron chi connectivity index (χ0n) is 20.9. The largest absolute Gasteiger partial charge is 0.493 e. The summed E-state index contributed by atoms with van der Waals surface area (Å²) in [7, 11) is 1.43. The Morgan fingerprint density at radius 1 is 0.946 bits per heavy atom. The van der Waals surface area contributed by atoms with Gasteiger partial charge in [0.2, 0.25) is 0 Å². The Balaban J connectivity index is 1.78. The van der Waals surface area contributed by atoms with Gasteiger partial charge in [0.15, 0.2) is 11.5 Å². The minimum Gasteiger partial charge on any atom is -0.493 e. The highest BCUT2D eigenvalue weighted by molar-refractivity contribution is 7.80. The number of aromatic nitrogens is 1. The number of esters is 2. The van der Waals surface area contributed by atoms with Gasteiger partial charge >= 0.3 is 11.9 Å². The SMILES string of the molecule is COc1ccnc(C(=S)C[C@@H](C)C(=O)O[C@H](C)C(c2ccc(F)cc2)c2ccc(F)cc2)c1OC(C)=O. The van der Waals surface area contributed by atoms with Gasteiger partial charge in [-0.25, -0.2) is 8.78 Å². The van der Waals surface area contributed by atoms with Gasteiger partial charge in [0.05, 0.1) is 13.0 Å². The molecule has 2 aromatic carbocycles. The Kier molecular flexibility index (Phi) is 9.41. The lowest BCUT2D eigenvalue weighted by atomic mass is 9.87. The summed E-state index contributed by atoms with van der Waals surface area (Å²) in [4.78, 5) is 29.1. The predicted molar refractivity (Wildman–Crippen MR) is 138 cm³/mol. The van der Waals surface area contributed by atoms with Crippen LogP contribution in [0.2, 0.25) is 0 Å². The highest BCUT2D eigenvalue weighted by Gasteiger charge is 2.28. The molecule has 0 aliphatic rings. The Labute approximate surface area is 219 Å². The summed E-state index contributed by atoms with van der Waals surface area (Å²) < 4.78 is 43.4. The normalized spacial score (nSPS) is 12.5. The molecule has 2 atom stereocenters. The van der Waals surface area contributed by atoms with Crippen molar-refractivity contribution >= 4 is 29.0 Å². The number of thiocarbonyl (C=S) groups is 1. The van der Waals surface area contributed by atoms with Crippen LogP contribution in [0, 0.1) is 17.6 Å². The first kappa shape index (κ1) is 27.9. The molecule has 6 nitrogen and oxygen atoms in total. The number of methoxy groups -OCH3 is 1. The molecule has 0 radical (unpaired) electrons. The summed E-state index contributed by atoms with van der Waals surface area (Å²) >= 11 is 5.52. The molecule has 0 saturated heterocycles. The summed E-state index contributed by atoms with van der Waals surface area (Å²) in [6.07, 6.45) is 0.910. The number of nitrogens with zero attached hydrogens (tertiary/aromatic N) is 1. The van der Waals surface area contributed by atoms with Crippen LogP contribution in [-0.2, 0) is 14.3 Å². The van der Waals surface area contributed by atoms with Crippen LogP contribution in [-0.4, -0.2) is 35.0 Å². The van der Waals surface area contributed by atoms with Crippen LogP contribution in [0.1, 0.15) is 49.9 Å². The molecule has 194 valence electrons. The van der Waals surface area contributed by atoms with Crippen LogP contribution in [0.25, 0.3) is 0 Å². The van der Waals surface area contributed by atoms with Gasteiger partial charge in [-0.2, -0.15) is 0 Å². The Morgan fingerprint density at radius 3 is 1.97 bits per heavy atom. The zero-order chi connectivity index (χ0) is 27.1. The fourth-order valence-corrected chi connectivity index (χ4v) is 4.33. The third-order valence-corrected chi connectivity index (χ3v) is 6.08. The van der Waals surface area contributed by atoms with Crippen molar-refractivity contribution < 1.29 is 32.6 Å². The summed E-state index contributed by atoms with van der Waals surface area (Å²) in [5.74, 6) is -2.61. The third-order valence-electron chi connectivity index (χ3n) is 5.72. The van der Waals surface area contributed by atoms with Crippen molar-refractivity contribution in [2.75, 3.05) is 7.11 Å². The highest BCUT2D eigenvalue weighted by atomic mass is 32.1. The maximum Gasteiger partial charge on any atom is 0.309 e. The molecule has 0 bridgehead atoms. The van der Waals surface area contributed by atoms with Crippen molar-refractivity contribution in [2.24, 2.45) is 5.92 Å². The molecule has 0 aliphatic carbocycles. The van der Waals surface area contributed by atoms with Gasteiger partial charge in [-0.3, -0.25) is 14.6 Å². The smallest absolute Gasteiger partial charge is 0.309 e. The van der Waals surface area contributed by atoms with E-state index in [1.165, 1.54) is 50.6 Å². The van der Waals surface area contributed by atoms with Crippen molar-refractivity contribution in [3.05, 3.63) is 89.2 Å². The monoisotopic (exact) mass is 527 g/mol. The van der Waals surface area contributed by atoms with Crippen molar-refractivity contribution in [3.63, 3.8) is 0 Å². The molecular weight excluding hydrogens is 500 g/mol. The molecule has 3 aromatic rings. The van der Waals surface area contributed by atoms with Crippen LogP contribution in [0.5, 0.6) is 11.5 Å². The van der Waals surface area contributed by atoms with Crippen molar-refractivity contribution in [2.45, 2.75) is 39.2 Å². The second-order valence-corrected chi connectivity index (χ2v) is 9.03. The molecule has 0 amide bonds. The van der Waals surface area contributed by atoms with E-state index < -0.39 is 41.5 Å². The lowest BCUT2D eigenvalue weighted by molar-refractivity contribution is -0.153. The molecule has 0 N–H and O–H groups in total. The lowest BCUT2D eigenvalue weighted by Gasteiger charge is -2.26. The van der Waals surface area contributed by atoms with Crippen molar-refractivity contribution in [1.82, 2.24) is 4.98 Å². The van der Waals surface area contributed by atoms with Crippen molar-refractivity contribution in [3.8, 4) is 11.5 Å². The molecule has 3 rings (SSSR count). The van der Waals surface area contributed by atoms with Crippen molar-refractivity contribution in [1.29, 1.82) is 0 Å². The summed E-state index contributed by atoms with van der Waals surface area (Å²) in [5, 5.41) is 0. The van der Waals surface area contributed by atoms with Crippen LogP contribution in [0.15, 0.2) is 60.8 Å². The summed E-state index contributed by atoms with van der Waals surface area (Å²) in [5.41, 5.74) is 1.65. The average molecular weight is 528 g/mol. The van der Waals surface area contributed by atoms with Crippen LogP contribution in [0.3, 0.4) is 0 Å². The number of benzene rings is 2. The fourth-order valence-electron chi connectivity index (χ4n) is 3.93. The van der Waals surface area contributed by atoms with E-state index >= 15 is 0 Å². The van der Waals surface area contributed by atoms with E-state index in [1.54, 1.807) is 38.1 Å². The Hall–Kier alpha value is -3.72. The number of hydrogen-bond donors (Lipinski definition) is 0. The molecule has 9 heteroatoms. The summed E-state index contributed by atoms with van der Waals surface area (Å²) in [6.45, 7) is 4.64. The zero-order valence-corrected chi connectivity index (χ0v) is 21.7. The van der Waals surface area contributed by atoms with Crippen LogP contribution >= 0.6 is 12.2 Å². The molecule has 0 saturated carbocycles. The average Bonchev–Trinajstić information content (AvgIpc) is 2.86. The predicted octanol–water partition coefficient (Wildman–Crippen LogP) is 5.80. The minimum atomic E-state index is -0.661. The van der Waals surface area contributed by atoms with Gasteiger partial charge in [0, 0.05) is 30.0 Å². The maximum absolute atomic E-state index is 13.5. The number of halogens is 2. The number of carbonyl (C=O) groups is 2. The van der Waals surface area contributed by atoms with Crippen LogP contribution < -0.4 is 9.47 Å². The number of hydrogen-bond acceptors (Lipinski definition) is 7. The Morgan fingerprint density at radius 2 is 1.49 bits per heavy atom. The van der Waals surface area contributed by atoms with E-state index in [9.17, 15) is 18.4 Å². The van der Waals surface area contributed by atoms with Gasteiger partial charge in [-0.15, -0.1) is 0 Å². The van der Waals surface area contributed by atoms with E-state index in [0.29, 0.717) is 16.0 Å². The number of carbonyl (C=O) groups excluding carboxylic acids is 2. The molecule has 1 aromatic heterocycles. The quantitative estimate of drug-likeness (QED) is 0.187. The second kappa shape index (κ2) is 12.5. The first-order valence-electron chi connectivity index (χ1n) is 11.6. The Bertz CT molecular complexity index is 1220. The fraction of sp³-hybridized carbons (Fsp3) is 0.286. The first-order valence-corrected chi connectivity index (χ1v) is 12.0. The molecule has 0 spiro atoms. The molecule has 37 heavy (non-hydrogen) atoms. The highest BCUT2D eigenvalue weighted by Crippen LogP contribution is 2.33. The van der Waals surface area contributed by atoms with Crippen LogP contribution in [0.4, 0.5) is 8.78 Å².